The van der Waals surface area contributed by atoms with Crippen LogP contribution in [-0.2, 0) is 0 Å². The van der Waals surface area contributed by atoms with Crippen LogP contribution in [0.15, 0.2) is 57.0 Å². The minimum absolute atomic E-state index is 0.657. The van der Waals surface area contributed by atoms with Crippen molar-refractivity contribution in [3.63, 3.8) is 0 Å². The molecule has 2 aromatic carbocycles. The van der Waals surface area contributed by atoms with Crippen LogP contribution in [-0.4, -0.2) is 4.98 Å². The summed E-state index contributed by atoms with van der Waals surface area (Å²) < 4.78 is 5.68. The van der Waals surface area contributed by atoms with E-state index < -0.39 is 0 Å². The SMILES string of the molecule is Cc1cc(N)ccc1Sc1nc2ccccc2o1. The molecule has 0 amide bonds. The van der Waals surface area contributed by atoms with Crippen LogP contribution in [0.2, 0.25) is 0 Å². The van der Waals surface area contributed by atoms with Gasteiger partial charge in [-0.1, -0.05) is 12.1 Å². The summed E-state index contributed by atoms with van der Waals surface area (Å²) >= 11 is 1.52. The third-order valence-electron chi connectivity index (χ3n) is 2.67. The highest BCUT2D eigenvalue weighted by atomic mass is 32.2. The fraction of sp³-hybridized carbons (Fsp3) is 0.0714. The Morgan fingerprint density at radius 1 is 1.17 bits per heavy atom. The zero-order valence-electron chi connectivity index (χ0n) is 9.88. The number of hydrogen-bond acceptors (Lipinski definition) is 4. The molecule has 0 saturated heterocycles. The quantitative estimate of drug-likeness (QED) is 0.707. The van der Waals surface area contributed by atoms with E-state index in [2.05, 4.69) is 4.98 Å². The fourth-order valence-electron chi connectivity index (χ4n) is 1.78. The van der Waals surface area contributed by atoms with Gasteiger partial charge >= 0.3 is 0 Å². The molecule has 0 atom stereocenters. The number of rotatable bonds is 2. The number of hydrogen-bond donors (Lipinski definition) is 1. The second kappa shape index (κ2) is 4.38. The summed E-state index contributed by atoms with van der Waals surface area (Å²) in [5.41, 5.74) is 9.33. The molecule has 4 heteroatoms. The Bertz CT molecular complexity index is 673. The molecule has 1 aromatic heterocycles. The van der Waals surface area contributed by atoms with Gasteiger partial charge in [-0.25, -0.2) is 4.98 Å². The van der Waals surface area contributed by atoms with E-state index in [1.165, 1.54) is 11.8 Å². The number of aromatic nitrogens is 1. The Balaban J connectivity index is 1.96. The highest BCUT2D eigenvalue weighted by Gasteiger charge is 2.08. The fourth-order valence-corrected chi connectivity index (χ4v) is 2.60. The van der Waals surface area contributed by atoms with Crippen LogP contribution >= 0.6 is 11.8 Å². The van der Waals surface area contributed by atoms with E-state index in [0.29, 0.717) is 5.22 Å². The molecule has 0 aliphatic rings. The number of aryl methyl sites for hydroxylation is 1. The molecule has 3 rings (SSSR count). The van der Waals surface area contributed by atoms with Crippen LogP contribution in [0.4, 0.5) is 5.69 Å². The summed E-state index contributed by atoms with van der Waals surface area (Å²) in [5, 5.41) is 0.657. The largest absolute Gasteiger partial charge is 0.431 e. The molecule has 1 heterocycles. The maximum Gasteiger partial charge on any atom is 0.261 e. The molecule has 0 saturated carbocycles. The Labute approximate surface area is 109 Å². The number of nitrogens with zero attached hydrogens (tertiary/aromatic N) is 1. The minimum atomic E-state index is 0.657. The minimum Gasteiger partial charge on any atom is -0.431 e. The molecule has 0 aliphatic carbocycles. The van der Waals surface area contributed by atoms with Gasteiger partial charge in [0.2, 0.25) is 0 Å². The third-order valence-corrected chi connectivity index (χ3v) is 3.70. The molecular weight excluding hydrogens is 244 g/mol. The first-order chi connectivity index (χ1) is 8.72. The molecule has 3 aromatic rings. The first kappa shape index (κ1) is 11.2. The van der Waals surface area contributed by atoms with Gasteiger partial charge in [0, 0.05) is 10.6 Å². The molecule has 0 radical (unpaired) electrons. The Morgan fingerprint density at radius 2 is 2.00 bits per heavy atom. The standard InChI is InChI=1S/C14H12N2OS/c1-9-8-10(15)6-7-13(9)18-14-16-11-4-2-3-5-12(11)17-14/h2-8H,15H2,1H3. The summed E-state index contributed by atoms with van der Waals surface area (Å²) in [6, 6.07) is 13.6. The van der Waals surface area contributed by atoms with Crippen LogP contribution in [0.5, 0.6) is 0 Å². The smallest absolute Gasteiger partial charge is 0.261 e. The van der Waals surface area contributed by atoms with Gasteiger partial charge < -0.3 is 10.2 Å². The van der Waals surface area contributed by atoms with E-state index >= 15 is 0 Å². The summed E-state index contributed by atoms with van der Waals surface area (Å²) in [7, 11) is 0. The molecule has 0 unspecified atom stereocenters. The highest BCUT2D eigenvalue weighted by molar-refractivity contribution is 7.99. The van der Waals surface area contributed by atoms with Gasteiger partial charge in [0.1, 0.15) is 5.52 Å². The van der Waals surface area contributed by atoms with Gasteiger partial charge in [0.05, 0.1) is 0 Å². The van der Waals surface area contributed by atoms with E-state index in [1.54, 1.807) is 0 Å². The second-order valence-electron chi connectivity index (χ2n) is 4.07. The van der Waals surface area contributed by atoms with E-state index in [1.807, 2.05) is 49.4 Å². The normalized spacial score (nSPS) is 10.9. The topological polar surface area (TPSA) is 52.0 Å². The van der Waals surface area contributed by atoms with Crippen molar-refractivity contribution in [2.45, 2.75) is 17.0 Å². The van der Waals surface area contributed by atoms with Crippen molar-refractivity contribution in [3.8, 4) is 0 Å². The predicted molar refractivity (Wildman–Crippen MR) is 73.7 cm³/mol. The van der Waals surface area contributed by atoms with Crippen molar-refractivity contribution >= 4 is 28.5 Å². The molecule has 0 spiro atoms. The first-order valence-electron chi connectivity index (χ1n) is 5.62. The van der Waals surface area contributed by atoms with Crippen LogP contribution < -0.4 is 5.73 Å². The second-order valence-corrected chi connectivity index (χ2v) is 5.07. The Hall–Kier alpha value is -1.94. The maximum absolute atomic E-state index is 5.73. The Kier molecular flexibility index (Phi) is 2.72. The molecule has 18 heavy (non-hydrogen) atoms. The molecule has 2 N–H and O–H groups in total. The van der Waals surface area contributed by atoms with E-state index in [-0.39, 0.29) is 0 Å². The zero-order valence-corrected chi connectivity index (χ0v) is 10.7. The van der Waals surface area contributed by atoms with Crippen LogP contribution in [0, 0.1) is 6.92 Å². The first-order valence-corrected chi connectivity index (χ1v) is 6.43. The van der Waals surface area contributed by atoms with Crippen LogP contribution in [0.25, 0.3) is 11.1 Å². The van der Waals surface area contributed by atoms with Crippen molar-refractivity contribution in [2.75, 3.05) is 5.73 Å². The molecular formula is C14H12N2OS. The molecule has 0 fully saturated rings. The third kappa shape index (κ3) is 2.07. The summed E-state index contributed by atoms with van der Waals surface area (Å²) in [4.78, 5) is 5.54. The lowest BCUT2D eigenvalue weighted by Gasteiger charge is -2.02. The molecule has 0 aliphatic heterocycles. The zero-order chi connectivity index (χ0) is 12.5. The average molecular weight is 256 g/mol. The number of nitrogen functional groups attached to an aromatic ring is 1. The van der Waals surface area contributed by atoms with E-state index in [9.17, 15) is 0 Å². The summed E-state index contributed by atoms with van der Waals surface area (Å²) in [5.74, 6) is 0. The number of oxazole rings is 1. The number of benzene rings is 2. The predicted octanol–water partition coefficient (Wildman–Crippen LogP) is 3.87. The van der Waals surface area contributed by atoms with Crippen molar-refractivity contribution < 1.29 is 4.42 Å². The number of anilines is 1. The van der Waals surface area contributed by atoms with E-state index in [0.717, 1.165) is 27.2 Å². The lowest BCUT2D eigenvalue weighted by atomic mass is 10.2. The molecule has 90 valence electrons. The molecule has 0 bridgehead atoms. The lowest BCUT2D eigenvalue weighted by molar-refractivity contribution is 0.489. The Morgan fingerprint density at radius 3 is 2.78 bits per heavy atom. The summed E-state index contributed by atoms with van der Waals surface area (Å²) in [6.45, 7) is 2.03. The van der Waals surface area contributed by atoms with Crippen molar-refractivity contribution in [2.24, 2.45) is 0 Å². The van der Waals surface area contributed by atoms with Gasteiger partial charge in [-0.15, -0.1) is 0 Å². The number of fused-ring (bicyclic) bond motifs is 1. The van der Waals surface area contributed by atoms with Crippen molar-refractivity contribution in [1.82, 2.24) is 4.98 Å². The number of nitrogens with two attached hydrogens (primary N) is 1. The van der Waals surface area contributed by atoms with Crippen LogP contribution in [0.1, 0.15) is 5.56 Å². The van der Waals surface area contributed by atoms with E-state index in [4.69, 9.17) is 10.2 Å². The van der Waals surface area contributed by atoms with Gasteiger partial charge in [0.15, 0.2) is 5.58 Å². The van der Waals surface area contributed by atoms with Crippen molar-refractivity contribution in [3.05, 3.63) is 48.0 Å². The summed E-state index contributed by atoms with van der Waals surface area (Å²) in [6.07, 6.45) is 0. The van der Waals surface area contributed by atoms with Gasteiger partial charge in [-0.2, -0.15) is 0 Å². The lowest BCUT2D eigenvalue weighted by Crippen LogP contribution is -1.86. The highest BCUT2D eigenvalue weighted by Crippen LogP contribution is 2.32. The van der Waals surface area contributed by atoms with Crippen molar-refractivity contribution in [1.29, 1.82) is 0 Å². The average Bonchev–Trinajstić information content (AvgIpc) is 2.75. The monoisotopic (exact) mass is 256 g/mol. The van der Waals surface area contributed by atoms with Gasteiger partial charge in [0.25, 0.3) is 5.22 Å². The molecule has 3 nitrogen and oxygen atoms in total. The van der Waals surface area contributed by atoms with Gasteiger partial charge in [-0.3, -0.25) is 0 Å². The van der Waals surface area contributed by atoms with Crippen LogP contribution in [0.3, 0.4) is 0 Å². The maximum atomic E-state index is 5.73. The number of para-hydroxylation sites is 2. The van der Waals surface area contributed by atoms with Gasteiger partial charge in [-0.05, 0) is 54.6 Å².